The molecular formula is C15H16N2. The van der Waals surface area contributed by atoms with Gasteiger partial charge >= 0.3 is 0 Å². The Morgan fingerprint density at radius 2 is 2.35 bits per heavy atom. The summed E-state index contributed by atoms with van der Waals surface area (Å²) in [6.07, 6.45) is 9.74. The van der Waals surface area contributed by atoms with E-state index >= 15 is 0 Å². The summed E-state index contributed by atoms with van der Waals surface area (Å²) in [4.78, 5) is 0. The van der Waals surface area contributed by atoms with E-state index < -0.39 is 0 Å². The van der Waals surface area contributed by atoms with Gasteiger partial charge in [-0.05, 0) is 30.7 Å². The molecule has 0 spiro atoms. The molecule has 0 bridgehead atoms. The number of fused-ring (bicyclic) bond motifs is 3. The van der Waals surface area contributed by atoms with Gasteiger partial charge in [-0.3, -0.25) is 0 Å². The van der Waals surface area contributed by atoms with Crippen molar-refractivity contribution >= 4 is 17.5 Å². The van der Waals surface area contributed by atoms with Gasteiger partial charge in [-0.15, -0.1) is 0 Å². The highest BCUT2D eigenvalue weighted by Gasteiger charge is 2.37. The van der Waals surface area contributed by atoms with Crippen LogP contribution in [-0.2, 0) is 6.42 Å². The van der Waals surface area contributed by atoms with Gasteiger partial charge in [-0.2, -0.15) is 0 Å². The maximum Gasteiger partial charge on any atom is 0.0638 e. The van der Waals surface area contributed by atoms with E-state index in [0.29, 0.717) is 6.42 Å². The second kappa shape index (κ2) is 3.59. The first kappa shape index (κ1) is 10.3. The molecule has 1 aromatic carbocycles. The normalized spacial score (nSPS) is 24.6. The molecule has 1 unspecified atom stereocenters. The number of nitrogens with one attached hydrogen (secondary N) is 2. The lowest BCUT2D eigenvalue weighted by molar-refractivity contribution is 0.677. The van der Waals surface area contributed by atoms with E-state index in [0.717, 1.165) is 6.42 Å². The van der Waals surface area contributed by atoms with E-state index in [1.54, 1.807) is 0 Å². The number of allylic oxidation sites excluding steroid dienone is 2. The molecule has 2 N–H and O–H groups in total. The monoisotopic (exact) mass is 224 g/mol. The highest BCUT2D eigenvalue weighted by molar-refractivity contribution is 5.93. The summed E-state index contributed by atoms with van der Waals surface area (Å²) in [5.74, 6) is 0. The second-order valence-electron chi connectivity index (χ2n) is 4.92. The van der Waals surface area contributed by atoms with Gasteiger partial charge in [-0.1, -0.05) is 36.4 Å². The maximum absolute atomic E-state index is 7.27. The summed E-state index contributed by atoms with van der Waals surface area (Å²) in [7, 11) is 0. The molecule has 0 saturated heterocycles. The summed E-state index contributed by atoms with van der Waals surface area (Å²) < 4.78 is 0. The van der Waals surface area contributed by atoms with E-state index in [9.17, 15) is 0 Å². The van der Waals surface area contributed by atoms with E-state index in [2.05, 4.69) is 48.7 Å². The third kappa shape index (κ3) is 1.44. The fraction of sp³-hybridized carbons (Fsp3) is 0.267. The van der Waals surface area contributed by atoms with E-state index in [-0.39, 0.29) is 5.54 Å². The minimum Gasteiger partial charge on any atom is -0.375 e. The number of anilines is 1. The lowest BCUT2D eigenvalue weighted by atomic mass is 9.84. The van der Waals surface area contributed by atoms with E-state index in [1.807, 2.05) is 0 Å². The predicted molar refractivity (Wildman–Crippen MR) is 72.7 cm³/mol. The smallest absolute Gasteiger partial charge is 0.0638 e. The van der Waals surface area contributed by atoms with Crippen molar-refractivity contribution < 1.29 is 0 Å². The number of benzene rings is 1. The van der Waals surface area contributed by atoms with Crippen LogP contribution >= 0.6 is 0 Å². The zero-order valence-corrected chi connectivity index (χ0v) is 9.96. The Kier molecular flexibility index (Phi) is 2.18. The highest BCUT2D eigenvalue weighted by atomic mass is 15.0. The van der Waals surface area contributed by atoms with Crippen molar-refractivity contribution in [2.75, 3.05) is 5.32 Å². The molecule has 0 amide bonds. The lowest BCUT2D eigenvalue weighted by Crippen LogP contribution is -2.31. The molecule has 17 heavy (non-hydrogen) atoms. The zero-order valence-electron chi connectivity index (χ0n) is 9.96. The minimum atomic E-state index is 0.0369. The first-order chi connectivity index (χ1) is 8.24. The SMILES string of the molecule is CC12CC=CC=C1c1cccc(CC=N)c1N2. The molecule has 2 aliphatic rings. The van der Waals surface area contributed by atoms with Crippen LogP contribution in [0.2, 0.25) is 0 Å². The Labute approximate surface area is 102 Å². The third-order valence-electron chi connectivity index (χ3n) is 3.68. The number of hydrogen-bond acceptors (Lipinski definition) is 2. The van der Waals surface area contributed by atoms with Crippen LogP contribution < -0.4 is 5.32 Å². The van der Waals surface area contributed by atoms with Gasteiger partial charge in [0.25, 0.3) is 0 Å². The zero-order chi connectivity index (χ0) is 11.9. The first-order valence-corrected chi connectivity index (χ1v) is 6.01. The Morgan fingerprint density at radius 1 is 1.47 bits per heavy atom. The number of rotatable bonds is 2. The number of hydrogen-bond donors (Lipinski definition) is 2. The van der Waals surface area contributed by atoms with Crippen LogP contribution in [-0.4, -0.2) is 11.8 Å². The van der Waals surface area contributed by atoms with Gasteiger partial charge in [0.15, 0.2) is 0 Å². The molecule has 2 heteroatoms. The van der Waals surface area contributed by atoms with Crippen LogP contribution in [0.3, 0.4) is 0 Å². The topological polar surface area (TPSA) is 35.9 Å². The Balaban J connectivity index is 2.16. The average molecular weight is 224 g/mol. The molecule has 1 aliphatic heterocycles. The van der Waals surface area contributed by atoms with Crippen LogP contribution in [0, 0.1) is 5.41 Å². The molecule has 3 rings (SSSR count). The molecule has 1 heterocycles. The Bertz CT molecular complexity index is 540. The second-order valence-corrected chi connectivity index (χ2v) is 4.92. The summed E-state index contributed by atoms with van der Waals surface area (Å²) in [5, 5.41) is 10.9. The first-order valence-electron chi connectivity index (χ1n) is 6.01. The summed E-state index contributed by atoms with van der Waals surface area (Å²) in [6, 6.07) is 6.36. The molecule has 0 fully saturated rings. The van der Waals surface area contributed by atoms with Crippen molar-refractivity contribution in [2.45, 2.75) is 25.3 Å². The van der Waals surface area contributed by atoms with Gasteiger partial charge < -0.3 is 10.7 Å². The van der Waals surface area contributed by atoms with E-state index in [4.69, 9.17) is 5.41 Å². The molecule has 0 radical (unpaired) electrons. The van der Waals surface area contributed by atoms with Gasteiger partial charge in [0.1, 0.15) is 0 Å². The molecule has 86 valence electrons. The minimum absolute atomic E-state index is 0.0369. The summed E-state index contributed by atoms with van der Waals surface area (Å²) >= 11 is 0. The molecular weight excluding hydrogens is 208 g/mol. The Morgan fingerprint density at radius 3 is 3.18 bits per heavy atom. The van der Waals surface area contributed by atoms with Crippen LogP contribution in [0.1, 0.15) is 24.5 Å². The van der Waals surface area contributed by atoms with Crippen molar-refractivity contribution in [3.8, 4) is 0 Å². The van der Waals surface area contributed by atoms with Gasteiger partial charge in [-0.25, -0.2) is 0 Å². The quantitative estimate of drug-likeness (QED) is 0.742. The molecule has 1 aromatic rings. The summed E-state index contributed by atoms with van der Waals surface area (Å²) in [6.45, 7) is 2.25. The molecule has 2 nitrogen and oxygen atoms in total. The van der Waals surface area contributed by atoms with Crippen molar-refractivity contribution in [3.63, 3.8) is 0 Å². The Hall–Kier alpha value is -1.83. The number of para-hydroxylation sites is 1. The largest absolute Gasteiger partial charge is 0.375 e. The standard InChI is InChI=1S/C15H16N2/c1-15-9-3-2-7-13(15)12-6-4-5-11(8-10-16)14(12)17-15/h2-7,10,16-17H,8-9H2,1H3. The van der Waals surface area contributed by atoms with Crippen molar-refractivity contribution in [3.05, 3.63) is 47.6 Å². The van der Waals surface area contributed by atoms with E-state index in [1.165, 1.54) is 28.6 Å². The predicted octanol–water partition coefficient (Wildman–Crippen LogP) is 3.41. The molecule has 0 saturated carbocycles. The van der Waals surface area contributed by atoms with Crippen molar-refractivity contribution in [2.24, 2.45) is 0 Å². The highest BCUT2D eigenvalue weighted by Crippen LogP contribution is 2.46. The van der Waals surface area contributed by atoms with Crippen LogP contribution in [0.5, 0.6) is 0 Å². The van der Waals surface area contributed by atoms with Gasteiger partial charge in [0.05, 0.1) is 5.54 Å². The lowest BCUT2D eigenvalue weighted by Gasteiger charge is -2.28. The third-order valence-corrected chi connectivity index (χ3v) is 3.68. The van der Waals surface area contributed by atoms with Gasteiger partial charge in [0, 0.05) is 17.7 Å². The molecule has 1 atom stereocenters. The van der Waals surface area contributed by atoms with Crippen molar-refractivity contribution in [1.29, 1.82) is 5.41 Å². The molecule has 0 aromatic heterocycles. The average Bonchev–Trinajstić information content (AvgIpc) is 2.63. The van der Waals surface area contributed by atoms with Crippen LogP contribution in [0.15, 0.2) is 36.4 Å². The summed E-state index contributed by atoms with van der Waals surface area (Å²) in [5.41, 5.74) is 5.15. The maximum atomic E-state index is 7.27. The molecule has 1 aliphatic carbocycles. The fourth-order valence-electron chi connectivity index (χ4n) is 2.80. The fourth-order valence-corrected chi connectivity index (χ4v) is 2.80. The van der Waals surface area contributed by atoms with Crippen LogP contribution in [0.25, 0.3) is 5.57 Å². The van der Waals surface area contributed by atoms with Gasteiger partial charge in [0.2, 0.25) is 0 Å². The van der Waals surface area contributed by atoms with Crippen LogP contribution in [0.4, 0.5) is 5.69 Å². The van der Waals surface area contributed by atoms with Crippen molar-refractivity contribution in [1.82, 2.24) is 0 Å².